The molecule has 0 saturated carbocycles. The Morgan fingerprint density at radius 2 is 1.58 bits per heavy atom. The molecule has 1 aromatic carbocycles. The molecule has 0 unspecified atom stereocenters. The predicted molar refractivity (Wildman–Crippen MR) is 173 cm³/mol. The second kappa shape index (κ2) is 13.6. The molecule has 0 aliphatic carbocycles. The van der Waals surface area contributed by atoms with Gasteiger partial charge in [0, 0.05) is 35.8 Å². The summed E-state index contributed by atoms with van der Waals surface area (Å²) < 4.78 is 19.8. The van der Waals surface area contributed by atoms with E-state index in [9.17, 15) is 15.3 Å². The van der Waals surface area contributed by atoms with Gasteiger partial charge in [0.15, 0.2) is 20.7 Å². The van der Waals surface area contributed by atoms with Gasteiger partial charge >= 0.3 is 0 Å². The first-order chi connectivity index (χ1) is 19.7. The fraction of sp³-hybridized carbons (Fsp3) is 0.794. The van der Waals surface area contributed by atoms with Crippen molar-refractivity contribution >= 4 is 14.0 Å². The average Bonchev–Trinajstić information content (AvgIpc) is 3.33. The van der Waals surface area contributed by atoms with Crippen molar-refractivity contribution in [2.45, 2.75) is 142 Å². The molecular formula is C34H59NO7Si. The zero-order valence-corrected chi connectivity index (χ0v) is 29.6. The van der Waals surface area contributed by atoms with Gasteiger partial charge in [-0.2, -0.15) is 0 Å². The minimum absolute atomic E-state index is 0.0792. The van der Waals surface area contributed by atoms with E-state index in [1.807, 2.05) is 58.0 Å². The number of nitrogens with zero attached hydrogens (tertiary/aromatic N) is 1. The van der Waals surface area contributed by atoms with Gasteiger partial charge in [0.25, 0.3) is 0 Å². The first-order valence-electron chi connectivity index (χ1n) is 16.1. The second-order valence-corrected chi connectivity index (χ2v) is 20.1. The molecule has 1 aromatic rings. The Labute approximate surface area is 261 Å². The lowest BCUT2D eigenvalue weighted by Crippen LogP contribution is -2.56. The Morgan fingerprint density at radius 3 is 2.14 bits per heavy atom. The standard InChI is InChI=1S/C34H59NO7Si/c1-13-26(36)34(10,38)30-23(4)27(35-42-30)21(2)19-33(9,37)29-24(5)28(22(3)20-39-43(11,12)32(6,7)8)40-31(41-29)25-17-15-14-16-18-25/h14-18,21-24,26,28-31,36-38H,13,19-20H2,1-12H3/t21-,22+,23+,24+,26-,28-,29-,30-,31-,33-,34-/m1/s1. The molecule has 11 atom stereocenters. The van der Waals surface area contributed by atoms with Gasteiger partial charge in [-0.3, -0.25) is 0 Å². The molecule has 8 nitrogen and oxygen atoms in total. The molecule has 1 saturated heterocycles. The summed E-state index contributed by atoms with van der Waals surface area (Å²) in [5.41, 5.74) is -0.994. The maximum atomic E-state index is 12.1. The predicted octanol–water partition coefficient (Wildman–Crippen LogP) is 6.45. The summed E-state index contributed by atoms with van der Waals surface area (Å²) in [6.07, 6.45) is -2.16. The molecule has 0 spiro atoms. The number of hydrogen-bond acceptors (Lipinski definition) is 8. The van der Waals surface area contributed by atoms with Crippen molar-refractivity contribution in [1.29, 1.82) is 0 Å². The molecule has 246 valence electrons. The van der Waals surface area contributed by atoms with E-state index in [4.69, 9.17) is 18.7 Å². The Kier molecular flexibility index (Phi) is 11.4. The molecule has 0 amide bonds. The summed E-state index contributed by atoms with van der Waals surface area (Å²) in [5.74, 6) is -0.424. The van der Waals surface area contributed by atoms with Gasteiger partial charge in [-0.25, -0.2) is 0 Å². The molecule has 43 heavy (non-hydrogen) atoms. The Morgan fingerprint density at radius 1 is 0.977 bits per heavy atom. The van der Waals surface area contributed by atoms with E-state index in [1.165, 1.54) is 0 Å². The van der Waals surface area contributed by atoms with Crippen LogP contribution in [0.15, 0.2) is 35.5 Å². The van der Waals surface area contributed by atoms with Crippen molar-refractivity contribution in [2.75, 3.05) is 6.61 Å². The van der Waals surface area contributed by atoms with Crippen molar-refractivity contribution in [3.63, 3.8) is 0 Å². The third-order valence-electron chi connectivity index (χ3n) is 10.4. The lowest BCUT2D eigenvalue weighted by molar-refractivity contribution is -0.313. The number of ether oxygens (including phenoxy) is 2. The summed E-state index contributed by atoms with van der Waals surface area (Å²) in [7, 11) is -1.96. The monoisotopic (exact) mass is 621 g/mol. The van der Waals surface area contributed by atoms with Crippen molar-refractivity contribution in [3.05, 3.63) is 35.9 Å². The SMILES string of the molecule is CC[C@@H](O)[C@@](C)(O)[C@@H]1ON=C([C@H](C)C[C@@](C)(O)[C@@H]2O[C@H](c3ccccc3)O[C@H]([C@@H](C)CO[Si](C)(C)C(C)(C)C)[C@@H]2C)[C@@H]1C. The minimum Gasteiger partial charge on any atom is -0.416 e. The van der Waals surface area contributed by atoms with Gasteiger partial charge < -0.3 is 34.1 Å². The fourth-order valence-electron chi connectivity index (χ4n) is 6.55. The molecule has 9 heteroatoms. The van der Waals surface area contributed by atoms with E-state index in [1.54, 1.807) is 6.92 Å². The number of oxime groups is 1. The van der Waals surface area contributed by atoms with Crippen molar-refractivity contribution in [1.82, 2.24) is 0 Å². The Balaban J connectivity index is 1.82. The highest BCUT2D eigenvalue weighted by atomic mass is 28.4. The molecular weight excluding hydrogens is 562 g/mol. The molecule has 0 aromatic heterocycles. The lowest BCUT2D eigenvalue weighted by atomic mass is 9.74. The molecule has 2 aliphatic rings. The Hall–Kier alpha value is -1.33. The maximum absolute atomic E-state index is 12.1. The summed E-state index contributed by atoms with van der Waals surface area (Å²) >= 11 is 0. The van der Waals surface area contributed by atoms with Gasteiger partial charge in [-0.15, -0.1) is 0 Å². The second-order valence-electron chi connectivity index (χ2n) is 15.3. The van der Waals surface area contributed by atoms with Gasteiger partial charge in [-0.1, -0.05) is 90.9 Å². The van der Waals surface area contributed by atoms with Gasteiger partial charge in [0.2, 0.25) is 0 Å². The van der Waals surface area contributed by atoms with Crippen LogP contribution in [0.25, 0.3) is 0 Å². The van der Waals surface area contributed by atoms with Gasteiger partial charge in [-0.05, 0) is 44.8 Å². The minimum atomic E-state index is -1.96. The molecule has 0 radical (unpaired) electrons. The number of aliphatic hydroxyl groups excluding tert-OH is 1. The zero-order valence-electron chi connectivity index (χ0n) is 28.6. The fourth-order valence-corrected chi connectivity index (χ4v) is 7.67. The summed E-state index contributed by atoms with van der Waals surface area (Å²) in [6, 6.07) is 9.88. The van der Waals surface area contributed by atoms with Crippen LogP contribution in [0.5, 0.6) is 0 Å². The van der Waals surface area contributed by atoms with Crippen LogP contribution in [0.2, 0.25) is 18.1 Å². The van der Waals surface area contributed by atoms with E-state index in [-0.39, 0.29) is 34.8 Å². The van der Waals surface area contributed by atoms with E-state index in [0.29, 0.717) is 19.4 Å². The largest absolute Gasteiger partial charge is 0.416 e. The number of benzene rings is 1. The summed E-state index contributed by atoms with van der Waals surface area (Å²) in [4.78, 5) is 5.70. The Bertz CT molecular complexity index is 1070. The number of aliphatic hydroxyl groups is 3. The molecule has 3 rings (SSSR count). The van der Waals surface area contributed by atoms with E-state index >= 15 is 0 Å². The van der Waals surface area contributed by atoms with Crippen LogP contribution >= 0.6 is 0 Å². The summed E-state index contributed by atoms with van der Waals surface area (Å²) in [6.45, 7) is 25.3. The van der Waals surface area contributed by atoms with Crippen molar-refractivity contribution in [2.24, 2.45) is 28.8 Å². The molecule has 0 bridgehead atoms. The highest BCUT2D eigenvalue weighted by molar-refractivity contribution is 6.74. The molecule has 2 aliphatic heterocycles. The lowest BCUT2D eigenvalue weighted by Gasteiger charge is -2.49. The van der Waals surface area contributed by atoms with Crippen LogP contribution in [0.3, 0.4) is 0 Å². The third kappa shape index (κ3) is 7.91. The van der Waals surface area contributed by atoms with Crippen molar-refractivity contribution < 1.29 is 34.1 Å². The maximum Gasteiger partial charge on any atom is 0.191 e. The van der Waals surface area contributed by atoms with Crippen LogP contribution in [0, 0.1) is 23.7 Å². The number of rotatable bonds is 12. The van der Waals surface area contributed by atoms with Crippen LogP contribution in [0.1, 0.15) is 93.9 Å². The average molecular weight is 622 g/mol. The highest BCUT2D eigenvalue weighted by Gasteiger charge is 2.52. The topological polar surface area (TPSA) is 110 Å². The molecule has 2 heterocycles. The van der Waals surface area contributed by atoms with Crippen LogP contribution < -0.4 is 0 Å². The van der Waals surface area contributed by atoms with Crippen LogP contribution in [0.4, 0.5) is 0 Å². The normalized spacial score (nSPS) is 31.7. The van der Waals surface area contributed by atoms with Gasteiger partial charge in [0.1, 0.15) is 5.60 Å². The highest BCUT2D eigenvalue weighted by Crippen LogP contribution is 2.44. The first-order valence-corrected chi connectivity index (χ1v) is 19.0. The van der Waals surface area contributed by atoms with Gasteiger partial charge in [0.05, 0.1) is 29.6 Å². The van der Waals surface area contributed by atoms with E-state index in [0.717, 1.165) is 11.3 Å². The van der Waals surface area contributed by atoms with E-state index < -0.39 is 44.1 Å². The third-order valence-corrected chi connectivity index (χ3v) is 14.9. The molecule has 1 fully saturated rings. The zero-order chi connectivity index (χ0) is 32.5. The van der Waals surface area contributed by atoms with Crippen LogP contribution in [-0.4, -0.2) is 71.6 Å². The number of hydrogen-bond donors (Lipinski definition) is 3. The summed E-state index contributed by atoms with van der Waals surface area (Å²) in [5, 5.41) is 38.1. The smallest absolute Gasteiger partial charge is 0.191 e. The quantitative estimate of drug-likeness (QED) is 0.230. The van der Waals surface area contributed by atoms with Crippen LogP contribution in [-0.2, 0) is 18.7 Å². The van der Waals surface area contributed by atoms with Crippen molar-refractivity contribution in [3.8, 4) is 0 Å². The first kappa shape index (κ1) is 36.1. The molecule has 3 N–H and O–H groups in total. The van der Waals surface area contributed by atoms with E-state index in [2.05, 4.69) is 52.9 Å².